The predicted molar refractivity (Wildman–Crippen MR) is 70.0 cm³/mol. The second-order valence-corrected chi connectivity index (χ2v) is 5.04. The lowest BCUT2D eigenvalue weighted by molar-refractivity contribution is -0.122. The van der Waals surface area contributed by atoms with Gasteiger partial charge in [0.25, 0.3) is 0 Å². The van der Waals surface area contributed by atoms with Crippen molar-refractivity contribution < 1.29 is 14.3 Å². The smallest absolute Gasteiger partial charge is 0.234 e. The van der Waals surface area contributed by atoms with Crippen LogP contribution in [-0.2, 0) is 11.3 Å². The first-order valence-corrected chi connectivity index (χ1v) is 6.47. The molecule has 0 radical (unpaired) electrons. The van der Waals surface area contributed by atoms with E-state index in [2.05, 4.69) is 5.32 Å². The van der Waals surface area contributed by atoms with Gasteiger partial charge in [0.15, 0.2) is 0 Å². The summed E-state index contributed by atoms with van der Waals surface area (Å²) < 4.78 is 13.3. The van der Waals surface area contributed by atoms with Crippen molar-refractivity contribution in [3.05, 3.63) is 35.1 Å². The normalized spacial score (nSPS) is 19.6. The third kappa shape index (κ3) is 4.01. The van der Waals surface area contributed by atoms with Gasteiger partial charge in [-0.25, -0.2) is 4.39 Å². The van der Waals surface area contributed by atoms with E-state index in [9.17, 15) is 14.3 Å². The molecule has 5 heteroatoms. The minimum Gasteiger partial charge on any atom is -0.392 e. The van der Waals surface area contributed by atoms with Crippen molar-refractivity contribution in [2.75, 3.05) is 19.6 Å². The predicted octanol–water partition coefficient (Wildman–Crippen LogP) is 0.817. The summed E-state index contributed by atoms with van der Waals surface area (Å²) in [5.74, 6) is -0.357. The van der Waals surface area contributed by atoms with E-state index >= 15 is 0 Å². The molecule has 0 unspecified atom stereocenters. The maximum absolute atomic E-state index is 13.3. The summed E-state index contributed by atoms with van der Waals surface area (Å²) in [5.41, 5.74) is 1.35. The van der Waals surface area contributed by atoms with Gasteiger partial charge < -0.3 is 10.4 Å². The van der Waals surface area contributed by atoms with Gasteiger partial charge in [0.05, 0.1) is 12.6 Å². The summed E-state index contributed by atoms with van der Waals surface area (Å²) in [6.45, 7) is 3.61. The SMILES string of the molecule is Cc1ccc(CNC(=O)CN2CC[C@@H](O)C2)cc1F. The van der Waals surface area contributed by atoms with Crippen LogP contribution in [0.15, 0.2) is 18.2 Å². The van der Waals surface area contributed by atoms with Gasteiger partial charge >= 0.3 is 0 Å². The molecule has 1 saturated heterocycles. The molecule has 0 saturated carbocycles. The number of aliphatic hydroxyl groups excluding tert-OH is 1. The number of halogens is 1. The molecule has 0 bridgehead atoms. The number of rotatable bonds is 4. The fourth-order valence-corrected chi connectivity index (χ4v) is 2.16. The van der Waals surface area contributed by atoms with Crippen molar-refractivity contribution in [2.45, 2.75) is 26.0 Å². The molecule has 19 heavy (non-hydrogen) atoms. The molecule has 0 spiro atoms. The van der Waals surface area contributed by atoms with Gasteiger partial charge in [-0.15, -0.1) is 0 Å². The summed E-state index contributed by atoms with van der Waals surface area (Å²) in [4.78, 5) is 13.6. The topological polar surface area (TPSA) is 52.6 Å². The Balaban J connectivity index is 1.78. The first-order valence-electron chi connectivity index (χ1n) is 6.47. The number of aliphatic hydroxyl groups is 1. The number of benzene rings is 1. The van der Waals surface area contributed by atoms with Gasteiger partial charge in [0.2, 0.25) is 5.91 Å². The fraction of sp³-hybridized carbons (Fsp3) is 0.500. The first kappa shape index (κ1) is 14.0. The Morgan fingerprint density at radius 1 is 1.58 bits per heavy atom. The summed E-state index contributed by atoms with van der Waals surface area (Å²) >= 11 is 0. The number of nitrogens with one attached hydrogen (secondary N) is 1. The van der Waals surface area contributed by atoms with Crippen molar-refractivity contribution in [3.8, 4) is 0 Å². The molecule has 1 fully saturated rings. The molecule has 104 valence electrons. The average molecular weight is 266 g/mol. The molecule has 2 N–H and O–H groups in total. The van der Waals surface area contributed by atoms with Crippen molar-refractivity contribution in [1.82, 2.24) is 10.2 Å². The average Bonchev–Trinajstić information content (AvgIpc) is 2.76. The standard InChI is InChI=1S/C14H19FN2O2/c1-10-2-3-11(6-13(10)15)7-16-14(19)9-17-5-4-12(18)8-17/h2-3,6,12,18H,4-5,7-9H2,1H3,(H,16,19)/t12-/m1/s1. The number of aryl methyl sites for hydroxylation is 1. The van der Waals surface area contributed by atoms with Crippen LogP contribution in [0, 0.1) is 12.7 Å². The molecule has 4 nitrogen and oxygen atoms in total. The second kappa shape index (κ2) is 6.12. The van der Waals surface area contributed by atoms with Crippen LogP contribution in [0.25, 0.3) is 0 Å². The van der Waals surface area contributed by atoms with E-state index < -0.39 is 0 Å². The van der Waals surface area contributed by atoms with Gasteiger partial charge in [0, 0.05) is 19.6 Å². The maximum atomic E-state index is 13.3. The lowest BCUT2D eigenvalue weighted by Gasteiger charge is -2.14. The highest BCUT2D eigenvalue weighted by Gasteiger charge is 2.21. The lowest BCUT2D eigenvalue weighted by Crippen LogP contribution is -2.36. The molecule has 2 rings (SSSR count). The molecular weight excluding hydrogens is 247 g/mol. The molecule has 1 aromatic rings. The Morgan fingerprint density at radius 2 is 2.37 bits per heavy atom. The third-order valence-electron chi connectivity index (χ3n) is 3.34. The van der Waals surface area contributed by atoms with Crippen LogP contribution in [0.3, 0.4) is 0 Å². The van der Waals surface area contributed by atoms with E-state index in [0.29, 0.717) is 18.7 Å². The Labute approximate surface area is 112 Å². The largest absolute Gasteiger partial charge is 0.392 e. The number of hydrogen-bond acceptors (Lipinski definition) is 3. The highest BCUT2D eigenvalue weighted by atomic mass is 19.1. The maximum Gasteiger partial charge on any atom is 0.234 e. The minimum absolute atomic E-state index is 0.102. The van der Waals surface area contributed by atoms with Crippen LogP contribution in [0.1, 0.15) is 17.5 Å². The van der Waals surface area contributed by atoms with E-state index in [1.54, 1.807) is 19.1 Å². The van der Waals surface area contributed by atoms with E-state index in [-0.39, 0.29) is 24.4 Å². The van der Waals surface area contributed by atoms with Crippen molar-refractivity contribution in [3.63, 3.8) is 0 Å². The molecule has 0 aliphatic carbocycles. The summed E-state index contributed by atoms with van der Waals surface area (Å²) in [6.07, 6.45) is 0.398. The Morgan fingerprint density at radius 3 is 3.00 bits per heavy atom. The van der Waals surface area contributed by atoms with Crippen LogP contribution < -0.4 is 5.32 Å². The summed E-state index contributed by atoms with van der Waals surface area (Å²) in [6, 6.07) is 4.95. The zero-order chi connectivity index (χ0) is 13.8. The molecule has 1 aromatic carbocycles. The number of likely N-dealkylation sites (tertiary alicyclic amines) is 1. The number of amides is 1. The third-order valence-corrected chi connectivity index (χ3v) is 3.34. The van der Waals surface area contributed by atoms with Crippen molar-refractivity contribution in [2.24, 2.45) is 0 Å². The summed E-state index contributed by atoms with van der Waals surface area (Å²) in [5, 5.41) is 12.1. The monoisotopic (exact) mass is 266 g/mol. The van der Waals surface area contributed by atoms with Crippen LogP contribution in [0.2, 0.25) is 0 Å². The van der Waals surface area contributed by atoms with E-state index in [0.717, 1.165) is 18.5 Å². The first-order chi connectivity index (χ1) is 9.04. The quantitative estimate of drug-likeness (QED) is 0.848. The molecule has 1 heterocycles. The number of carbonyl (C=O) groups is 1. The highest BCUT2D eigenvalue weighted by Crippen LogP contribution is 2.09. The molecule has 1 aliphatic rings. The van der Waals surface area contributed by atoms with Crippen LogP contribution in [-0.4, -0.2) is 41.7 Å². The fourth-order valence-electron chi connectivity index (χ4n) is 2.16. The van der Waals surface area contributed by atoms with Gasteiger partial charge in [-0.2, -0.15) is 0 Å². The van der Waals surface area contributed by atoms with Crippen LogP contribution in [0.4, 0.5) is 4.39 Å². The molecule has 1 amide bonds. The van der Waals surface area contributed by atoms with Crippen molar-refractivity contribution in [1.29, 1.82) is 0 Å². The van der Waals surface area contributed by atoms with E-state index in [4.69, 9.17) is 0 Å². The Bertz CT molecular complexity index is 465. The van der Waals surface area contributed by atoms with E-state index in [1.807, 2.05) is 4.90 Å². The van der Waals surface area contributed by atoms with Gasteiger partial charge in [-0.3, -0.25) is 9.69 Å². The van der Waals surface area contributed by atoms with Gasteiger partial charge in [-0.05, 0) is 30.5 Å². The minimum atomic E-state index is -0.320. The molecule has 0 aromatic heterocycles. The van der Waals surface area contributed by atoms with Gasteiger partial charge in [-0.1, -0.05) is 12.1 Å². The highest BCUT2D eigenvalue weighted by molar-refractivity contribution is 5.78. The second-order valence-electron chi connectivity index (χ2n) is 5.04. The summed E-state index contributed by atoms with van der Waals surface area (Å²) in [7, 11) is 0. The van der Waals surface area contributed by atoms with Crippen LogP contribution >= 0.6 is 0 Å². The van der Waals surface area contributed by atoms with Crippen LogP contribution in [0.5, 0.6) is 0 Å². The Kier molecular flexibility index (Phi) is 4.50. The number of β-amino-alcohol motifs (C(OH)–C–C–N with tert-alkyl or cyclic N) is 1. The molecule has 1 atom stereocenters. The Hall–Kier alpha value is -1.46. The van der Waals surface area contributed by atoms with Crippen molar-refractivity contribution >= 4 is 5.91 Å². The van der Waals surface area contributed by atoms with Gasteiger partial charge in [0.1, 0.15) is 5.82 Å². The molecular formula is C14H19FN2O2. The zero-order valence-corrected chi connectivity index (χ0v) is 11.0. The lowest BCUT2D eigenvalue weighted by atomic mass is 10.1. The zero-order valence-electron chi connectivity index (χ0n) is 11.0. The number of nitrogens with zero attached hydrogens (tertiary/aromatic N) is 1. The van der Waals surface area contributed by atoms with E-state index in [1.165, 1.54) is 6.07 Å². The number of carbonyl (C=O) groups excluding carboxylic acids is 1. The molecule has 1 aliphatic heterocycles. The number of hydrogen-bond donors (Lipinski definition) is 2.